The molecule has 144 valence electrons. The van der Waals surface area contributed by atoms with Gasteiger partial charge in [-0.2, -0.15) is 0 Å². The fourth-order valence-electron chi connectivity index (χ4n) is 2.87. The summed E-state index contributed by atoms with van der Waals surface area (Å²) in [5.41, 5.74) is 2.44. The lowest BCUT2D eigenvalue weighted by molar-refractivity contribution is -0.115. The minimum atomic E-state index is -0.150. The summed E-state index contributed by atoms with van der Waals surface area (Å²) >= 11 is 0. The Morgan fingerprint density at radius 3 is 2.46 bits per heavy atom. The summed E-state index contributed by atoms with van der Waals surface area (Å²) in [7, 11) is 3.21. The van der Waals surface area contributed by atoms with Crippen molar-refractivity contribution in [3.63, 3.8) is 0 Å². The Morgan fingerprint density at radius 1 is 1.00 bits per heavy atom. The van der Waals surface area contributed by atoms with Crippen LogP contribution in [0.4, 0.5) is 0 Å². The molecule has 5 heteroatoms. The Bertz CT molecular complexity index is 931. The van der Waals surface area contributed by atoms with Gasteiger partial charge in [0.25, 0.3) is 5.91 Å². The normalized spacial score (nSPS) is 11.1. The first-order valence-corrected chi connectivity index (χ1v) is 9.01. The summed E-state index contributed by atoms with van der Waals surface area (Å²) in [5, 5.41) is 2.99. The maximum Gasteiger partial charge on any atom is 0.252 e. The van der Waals surface area contributed by atoms with Crippen LogP contribution in [0.15, 0.2) is 71.3 Å². The Balaban J connectivity index is 1.69. The molecule has 1 heterocycles. The number of rotatable bonds is 8. The third-order valence-corrected chi connectivity index (χ3v) is 4.31. The molecular formula is C23H23NO4. The number of hydrogen-bond acceptors (Lipinski definition) is 4. The van der Waals surface area contributed by atoms with Crippen molar-refractivity contribution in [2.75, 3.05) is 20.8 Å². The number of nitrogens with one attached hydrogen (secondary N) is 1. The van der Waals surface area contributed by atoms with Crippen molar-refractivity contribution >= 4 is 17.6 Å². The first-order valence-electron chi connectivity index (χ1n) is 9.01. The molecule has 0 atom stereocenters. The van der Waals surface area contributed by atoms with Gasteiger partial charge in [0.05, 0.1) is 26.1 Å². The smallest absolute Gasteiger partial charge is 0.252 e. The van der Waals surface area contributed by atoms with Gasteiger partial charge in [-0.25, -0.2) is 0 Å². The van der Waals surface area contributed by atoms with Gasteiger partial charge in [0.2, 0.25) is 0 Å². The van der Waals surface area contributed by atoms with Crippen LogP contribution in [-0.2, 0) is 11.2 Å². The molecule has 1 aromatic heterocycles. The summed E-state index contributed by atoms with van der Waals surface area (Å²) in [6, 6.07) is 18.9. The van der Waals surface area contributed by atoms with Gasteiger partial charge in [-0.05, 0) is 47.9 Å². The van der Waals surface area contributed by atoms with Gasteiger partial charge in [0.1, 0.15) is 5.76 Å². The Labute approximate surface area is 164 Å². The molecular weight excluding hydrogens is 354 g/mol. The number of benzene rings is 2. The van der Waals surface area contributed by atoms with Crippen molar-refractivity contribution in [2.24, 2.45) is 0 Å². The highest BCUT2D eigenvalue weighted by molar-refractivity contribution is 6.24. The molecule has 3 aromatic rings. The second-order valence-electron chi connectivity index (χ2n) is 6.13. The zero-order valence-electron chi connectivity index (χ0n) is 16.0. The zero-order chi connectivity index (χ0) is 19.8. The minimum Gasteiger partial charge on any atom is -0.493 e. The van der Waals surface area contributed by atoms with Crippen molar-refractivity contribution in [3.8, 4) is 11.5 Å². The average Bonchev–Trinajstić information content (AvgIpc) is 3.25. The van der Waals surface area contributed by atoms with Crippen LogP contribution in [-0.4, -0.2) is 26.7 Å². The quantitative estimate of drug-likeness (QED) is 0.598. The van der Waals surface area contributed by atoms with E-state index in [1.165, 1.54) is 0 Å². The molecule has 0 aliphatic rings. The summed E-state index contributed by atoms with van der Waals surface area (Å²) < 4.78 is 16.0. The molecule has 0 aliphatic heterocycles. The highest BCUT2D eigenvalue weighted by atomic mass is 16.5. The fraction of sp³-hybridized carbons (Fsp3) is 0.174. The van der Waals surface area contributed by atoms with E-state index in [1.54, 1.807) is 32.6 Å². The molecule has 3 rings (SSSR count). The maximum absolute atomic E-state index is 12.8. The number of carbonyl (C=O) groups is 1. The molecule has 28 heavy (non-hydrogen) atoms. The lowest BCUT2D eigenvalue weighted by atomic mass is 10.0. The largest absolute Gasteiger partial charge is 0.493 e. The maximum atomic E-state index is 12.8. The van der Waals surface area contributed by atoms with Gasteiger partial charge in [-0.3, -0.25) is 4.79 Å². The number of hydrogen-bond donors (Lipinski definition) is 1. The van der Waals surface area contributed by atoms with Crippen molar-refractivity contribution in [1.29, 1.82) is 0 Å². The van der Waals surface area contributed by atoms with Crippen molar-refractivity contribution in [2.45, 2.75) is 6.42 Å². The lowest BCUT2D eigenvalue weighted by Gasteiger charge is -2.11. The number of furan rings is 1. The Kier molecular flexibility index (Phi) is 6.52. The van der Waals surface area contributed by atoms with Crippen LogP contribution in [0.2, 0.25) is 0 Å². The van der Waals surface area contributed by atoms with E-state index in [-0.39, 0.29) is 5.91 Å². The van der Waals surface area contributed by atoms with E-state index < -0.39 is 0 Å². The average molecular weight is 377 g/mol. The summed E-state index contributed by atoms with van der Waals surface area (Å²) in [5.74, 6) is 1.84. The van der Waals surface area contributed by atoms with Crippen LogP contribution in [0.5, 0.6) is 11.5 Å². The predicted molar refractivity (Wildman–Crippen MR) is 109 cm³/mol. The number of amides is 1. The van der Waals surface area contributed by atoms with Gasteiger partial charge < -0.3 is 19.2 Å². The van der Waals surface area contributed by atoms with E-state index in [0.29, 0.717) is 35.8 Å². The van der Waals surface area contributed by atoms with Crippen LogP contribution in [0.25, 0.3) is 11.6 Å². The SMILES string of the molecule is COc1ccc(CCNC(=O)/C(=C/c2ccco2)c2ccccc2)cc1OC. The minimum absolute atomic E-state index is 0.150. The molecule has 2 aromatic carbocycles. The van der Waals surface area contributed by atoms with Crippen LogP contribution in [0.3, 0.4) is 0 Å². The topological polar surface area (TPSA) is 60.7 Å². The van der Waals surface area contributed by atoms with Crippen LogP contribution >= 0.6 is 0 Å². The second-order valence-corrected chi connectivity index (χ2v) is 6.13. The summed E-state index contributed by atoms with van der Waals surface area (Å²) in [4.78, 5) is 12.8. The molecule has 0 saturated heterocycles. The van der Waals surface area contributed by atoms with Crippen molar-refractivity contribution in [3.05, 3.63) is 83.8 Å². The summed E-state index contributed by atoms with van der Waals surface area (Å²) in [6.45, 7) is 0.497. The van der Waals surface area contributed by atoms with Gasteiger partial charge in [-0.1, -0.05) is 36.4 Å². The van der Waals surface area contributed by atoms with Gasteiger partial charge in [0.15, 0.2) is 11.5 Å². The van der Waals surface area contributed by atoms with E-state index >= 15 is 0 Å². The zero-order valence-corrected chi connectivity index (χ0v) is 16.0. The standard InChI is InChI=1S/C23H23NO4/c1-26-21-11-10-17(15-22(21)27-2)12-13-24-23(25)20(16-19-9-6-14-28-19)18-7-4-3-5-8-18/h3-11,14-16H,12-13H2,1-2H3,(H,24,25)/b20-16+. The highest BCUT2D eigenvalue weighted by Gasteiger charge is 2.13. The van der Waals surface area contributed by atoms with Crippen LogP contribution < -0.4 is 14.8 Å². The molecule has 0 bridgehead atoms. The third kappa shape index (κ3) is 4.82. The molecule has 0 saturated carbocycles. The highest BCUT2D eigenvalue weighted by Crippen LogP contribution is 2.27. The molecule has 0 spiro atoms. The lowest BCUT2D eigenvalue weighted by Crippen LogP contribution is -2.26. The Morgan fingerprint density at radius 2 is 1.79 bits per heavy atom. The van der Waals surface area contributed by atoms with Crippen molar-refractivity contribution in [1.82, 2.24) is 5.32 Å². The van der Waals surface area contributed by atoms with Gasteiger partial charge in [-0.15, -0.1) is 0 Å². The van der Waals surface area contributed by atoms with Crippen LogP contribution in [0, 0.1) is 0 Å². The van der Waals surface area contributed by atoms with E-state index in [4.69, 9.17) is 13.9 Å². The fourth-order valence-corrected chi connectivity index (χ4v) is 2.87. The van der Waals surface area contributed by atoms with Crippen LogP contribution in [0.1, 0.15) is 16.9 Å². The first kappa shape index (κ1) is 19.3. The van der Waals surface area contributed by atoms with Gasteiger partial charge >= 0.3 is 0 Å². The first-order chi connectivity index (χ1) is 13.7. The monoisotopic (exact) mass is 377 g/mol. The number of methoxy groups -OCH3 is 2. The second kappa shape index (κ2) is 9.46. The molecule has 5 nitrogen and oxygen atoms in total. The molecule has 0 fully saturated rings. The van der Waals surface area contributed by atoms with E-state index in [2.05, 4.69) is 5.32 Å². The van der Waals surface area contributed by atoms with E-state index in [1.807, 2.05) is 54.6 Å². The van der Waals surface area contributed by atoms with E-state index in [0.717, 1.165) is 11.1 Å². The van der Waals surface area contributed by atoms with Gasteiger partial charge in [0, 0.05) is 6.54 Å². The number of ether oxygens (including phenoxy) is 2. The molecule has 1 amide bonds. The third-order valence-electron chi connectivity index (χ3n) is 4.31. The Hall–Kier alpha value is -3.47. The molecule has 0 unspecified atom stereocenters. The molecule has 1 N–H and O–H groups in total. The summed E-state index contributed by atoms with van der Waals surface area (Å²) in [6.07, 6.45) is 4.01. The molecule has 0 radical (unpaired) electrons. The molecule has 0 aliphatic carbocycles. The number of carbonyl (C=O) groups excluding carboxylic acids is 1. The van der Waals surface area contributed by atoms with E-state index in [9.17, 15) is 4.79 Å². The predicted octanol–water partition coefficient (Wildman–Crippen LogP) is 4.20. The van der Waals surface area contributed by atoms with Crippen molar-refractivity contribution < 1.29 is 18.7 Å².